The van der Waals surface area contributed by atoms with E-state index in [-0.39, 0.29) is 33.8 Å². The van der Waals surface area contributed by atoms with Crippen LogP contribution in [0.5, 0.6) is 0 Å². The fourth-order valence-electron chi connectivity index (χ4n) is 1.43. The van der Waals surface area contributed by atoms with Crippen LogP contribution in [0, 0.1) is 0 Å². The van der Waals surface area contributed by atoms with Crippen molar-refractivity contribution in [2.75, 3.05) is 19.0 Å². The molecule has 0 aliphatic carbocycles. The van der Waals surface area contributed by atoms with Gasteiger partial charge in [-0.05, 0) is 12.1 Å². The van der Waals surface area contributed by atoms with Crippen molar-refractivity contribution < 1.29 is 19.4 Å². The van der Waals surface area contributed by atoms with Crippen LogP contribution in [0.15, 0.2) is 12.1 Å². The third-order valence-corrected chi connectivity index (χ3v) is 3.51. The predicted molar refractivity (Wildman–Crippen MR) is 81.5 cm³/mol. The number of rotatable bonds is 6. The number of ether oxygens (including phenoxy) is 1. The fourth-order valence-corrected chi connectivity index (χ4v) is 2.02. The lowest BCUT2D eigenvalue weighted by Crippen LogP contribution is -2.43. The molecule has 1 rings (SSSR count). The van der Waals surface area contributed by atoms with Crippen molar-refractivity contribution in [3.05, 3.63) is 27.2 Å². The molecule has 1 unspecified atom stereocenters. The van der Waals surface area contributed by atoms with E-state index in [9.17, 15) is 9.59 Å². The van der Waals surface area contributed by atoms with E-state index in [1.807, 2.05) is 0 Å². The molecule has 21 heavy (non-hydrogen) atoms. The number of anilines is 1. The SMILES string of the molecule is COCCC(NC(=O)Nc1cc(Cl)c(Cl)cc1Cl)C(=O)O. The van der Waals surface area contributed by atoms with Crippen molar-refractivity contribution in [3.63, 3.8) is 0 Å². The van der Waals surface area contributed by atoms with Crippen molar-refractivity contribution in [3.8, 4) is 0 Å². The molecule has 9 heteroatoms. The molecule has 0 bridgehead atoms. The van der Waals surface area contributed by atoms with Gasteiger partial charge in [0.05, 0.1) is 20.8 Å². The number of carbonyl (C=O) groups is 2. The number of carbonyl (C=O) groups excluding carboxylic acids is 1. The second-order valence-electron chi connectivity index (χ2n) is 4.02. The second-order valence-corrected chi connectivity index (χ2v) is 5.24. The second kappa shape index (κ2) is 8.29. The highest BCUT2D eigenvalue weighted by Gasteiger charge is 2.20. The quantitative estimate of drug-likeness (QED) is 0.684. The first-order valence-electron chi connectivity index (χ1n) is 5.79. The summed E-state index contributed by atoms with van der Waals surface area (Å²) in [7, 11) is 1.44. The zero-order valence-electron chi connectivity index (χ0n) is 11.0. The van der Waals surface area contributed by atoms with Gasteiger partial charge in [0.1, 0.15) is 6.04 Å². The van der Waals surface area contributed by atoms with Gasteiger partial charge in [0.2, 0.25) is 0 Å². The lowest BCUT2D eigenvalue weighted by Gasteiger charge is -2.15. The van der Waals surface area contributed by atoms with Crippen LogP contribution in [0.1, 0.15) is 6.42 Å². The lowest BCUT2D eigenvalue weighted by molar-refractivity contribution is -0.139. The summed E-state index contributed by atoms with van der Waals surface area (Å²) in [5, 5.41) is 14.3. The van der Waals surface area contributed by atoms with E-state index >= 15 is 0 Å². The van der Waals surface area contributed by atoms with Crippen molar-refractivity contribution in [1.82, 2.24) is 5.32 Å². The fraction of sp³-hybridized carbons (Fsp3) is 0.333. The minimum absolute atomic E-state index is 0.133. The van der Waals surface area contributed by atoms with Gasteiger partial charge in [-0.3, -0.25) is 0 Å². The van der Waals surface area contributed by atoms with Crippen molar-refractivity contribution in [2.24, 2.45) is 0 Å². The minimum atomic E-state index is -1.16. The number of hydrogen-bond acceptors (Lipinski definition) is 3. The van der Waals surface area contributed by atoms with Gasteiger partial charge in [0.25, 0.3) is 0 Å². The Labute approximate surface area is 136 Å². The van der Waals surface area contributed by atoms with Crippen LogP contribution in [-0.4, -0.2) is 36.9 Å². The monoisotopic (exact) mass is 354 g/mol. The molecule has 0 spiro atoms. The maximum atomic E-state index is 11.8. The highest BCUT2D eigenvalue weighted by atomic mass is 35.5. The topological polar surface area (TPSA) is 87.7 Å². The number of halogens is 3. The summed E-state index contributed by atoms with van der Waals surface area (Å²) in [5.74, 6) is -1.16. The first-order chi connectivity index (χ1) is 9.85. The van der Waals surface area contributed by atoms with Crippen LogP contribution in [0.2, 0.25) is 15.1 Å². The lowest BCUT2D eigenvalue weighted by atomic mass is 10.2. The molecule has 6 nitrogen and oxygen atoms in total. The van der Waals surface area contributed by atoms with E-state index in [1.54, 1.807) is 0 Å². The summed E-state index contributed by atoms with van der Waals surface area (Å²) in [6, 6.07) is 0.947. The standard InChI is InChI=1S/C12H13Cl3N2O4/c1-21-3-2-9(11(18)19)16-12(20)17-10-5-7(14)6(13)4-8(10)15/h4-5,9H,2-3H2,1H3,(H,18,19)(H2,16,17,20). The Morgan fingerprint density at radius 3 is 2.43 bits per heavy atom. The van der Waals surface area contributed by atoms with Gasteiger partial charge in [-0.15, -0.1) is 0 Å². The number of amides is 2. The van der Waals surface area contributed by atoms with Crippen LogP contribution in [0.3, 0.4) is 0 Å². The molecule has 0 saturated carbocycles. The van der Waals surface area contributed by atoms with E-state index in [0.29, 0.717) is 0 Å². The van der Waals surface area contributed by atoms with Crippen LogP contribution in [0.4, 0.5) is 10.5 Å². The first kappa shape index (κ1) is 17.8. The Hall–Kier alpha value is -1.21. The van der Waals surface area contributed by atoms with Gasteiger partial charge >= 0.3 is 12.0 Å². The van der Waals surface area contributed by atoms with E-state index in [2.05, 4.69) is 10.6 Å². The van der Waals surface area contributed by atoms with E-state index in [4.69, 9.17) is 44.6 Å². The number of methoxy groups -OCH3 is 1. The predicted octanol–water partition coefficient (Wildman–Crippen LogP) is 3.26. The largest absolute Gasteiger partial charge is 0.480 e. The molecule has 1 aromatic carbocycles. The highest BCUT2D eigenvalue weighted by Crippen LogP contribution is 2.32. The number of carboxylic acid groups (broad SMARTS) is 1. The van der Waals surface area contributed by atoms with Crippen molar-refractivity contribution in [1.29, 1.82) is 0 Å². The number of carboxylic acids is 1. The average Bonchev–Trinajstić information content (AvgIpc) is 2.40. The number of hydrogen-bond donors (Lipinski definition) is 3. The molecule has 3 N–H and O–H groups in total. The summed E-state index contributed by atoms with van der Waals surface area (Å²) in [5.41, 5.74) is 0.222. The normalized spacial score (nSPS) is 11.8. The molecule has 1 atom stereocenters. The van der Waals surface area contributed by atoms with Crippen LogP contribution >= 0.6 is 34.8 Å². The van der Waals surface area contributed by atoms with Gasteiger partial charge in [-0.2, -0.15) is 0 Å². The minimum Gasteiger partial charge on any atom is -0.480 e. The third-order valence-electron chi connectivity index (χ3n) is 2.47. The van der Waals surface area contributed by atoms with Gasteiger partial charge in [-0.25, -0.2) is 9.59 Å². The smallest absolute Gasteiger partial charge is 0.326 e. The van der Waals surface area contributed by atoms with Gasteiger partial charge < -0.3 is 20.5 Å². The molecular formula is C12H13Cl3N2O4. The van der Waals surface area contributed by atoms with Crippen LogP contribution in [0.25, 0.3) is 0 Å². The summed E-state index contributed by atoms with van der Waals surface area (Å²) < 4.78 is 4.78. The average molecular weight is 356 g/mol. The summed E-state index contributed by atoms with van der Waals surface area (Å²) >= 11 is 17.5. The molecule has 0 aliphatic rings. The molecule has 0 aliphatic heterocycles. The molecule has 0 heterocycles. The Bertz CT molecular complexity index is 539. The van der Waals surface area contributed by atoms with Gasteiger partial charge in [0.15, 0.2) is 0 Å². The number of urea groups is 1. The van der Waals surface area contributed by atoms with Crippen LogP contribution < -0.4 is 10.6 Å². The Morgan fingerprint density at radius 1 is 1.24 bits per heavy atom. The third kappa shape index (κ3) is 5.59. The number of benzene rings is 1. The molecule has 0 aromatic heterocycles. The molecule has 0 radical (unpaired) electrons. The molecule has 0 saturated heterocycles. The van der Waals surface area contributed by atoms with E-state index in [1.165, 1.54) is 19.2 Å². The number of nitrogens with one attached hydrogen (secondary N) is 2. The summed E-state index contributed by atoms with van der Waals surface area (Å²) in [6.07, 6.45) is 0.133. The summed E-state index contributed by atoms with van der Waals surface area (Å²) in [4.78, 5) is 22.8. The maximum Gasteiger partial charge on any atom is 0.326 e. The summed E-state index contributed by atoms with van der Waals surface area (Å²) in [6.45, 7) is 0.199. The molecule has 0 fully saturated rings. The Balaban J connectivity index is 2.72. The molecule has 116 valence electrons. The van der Waals surface area contributed by atoms with Gasteiger partial charge in [0, 0.05) is 20.1 Å². The zero-order chi connectivity index (χ0) is 16.0. The maximum absolute atomic E-state index is 11.8. The van der Waals surface area contributed by atoms with E-state index < -0.39 is 18.0 Å². The molecule has 1 aromatic rings. The van der Waals surface area contributed by atoms with Crippen molar-refractivity contribution in [2.45, 2.75) is 12.5 Å². The van der Waals surface area contributed by atoms with Crippen molar-refractivity contribution >= 4 is 52.5 Å². The molecular weight excluding hydrogens is 343 g/mol. The molecule has 2 amide bonds. The highest BCUT2D eigenvalue weighted by molar-refractivity contribution is 6.44. The van der Waals surface area contributed by atoms with Gasteiger partial charge in [-0.1, -0.05) is 34.8 Å². The van der Waals surface area contributed by atoms with E-state index in [0.717, 1.165) is 0 Å². The zero-order valence-corrected chi connectivity index (χ0v) is 13.2. The first-order valence-corrected chi connectivity index (χ1v) is 6.92. The number of aliphatic carboxylic acids is 1. The Kier molecular flexibility index (Phi) is 7.04. The Morgan fingerprint density at radius 2 is 1.86 bits per heavy atom. The van der Waals surface area contributed by atoms with Crippen LogP contribution in [-0.2, 0) is 9.53 Å².